The molecule has 0 bridgehead atoms. The van der Waals surface area contributed by atoms with Crippen molar-refractivity contribution < 1.29 is 14.3 Å². The van der Waals surface area contributed by atoms with Crippen LogP contribution in [0, 0.1) is 0 Å². The van der Waals surface area contributed by atoms with Crippen molar-refractivity contribution in [1.82, 2.24) is 15.1 Å². The lowest BCUT2D eigenvalue weighted by Gasteiger charge is -2.37. The highest BCUT2D eigenvalue weighted by atomic mass is 35.5. The summed E-state index contributed by atoms with van der Waals surface area (Å²) in [5.41, 5.74) is 1.13. The fraction of sp³-hybridized carbons (Fsp3) is 0.455. The second kappa shape index (κ2) is 10.2. The van der Waals surface area contributed by atoms with Crippen molar-refractivity contribution in [2.24, 2.45) is 0 Å². The van der Waals surface area contributed by atoms with Crippen LogP contribution in [0.4, 0.5) is 4.79 Å². The normalized spacial score (nSPS) is 15.6. The van der Waals surface area contributed by atoms with Crippen molar-refractivity contribution in [3.8, 4) is 5.75 Å². The molecule has 0 saturated carbocycles. The molecule has 1 atom stereocenters. The number of hydrogen-bond acceptors (Lipinski definition) is 4. The van der Waals surface area contributed by atoms with Gasteiger partial charge in [-0.1, -0.05) is 11.6 Å². The number of hydrogen-bond donors (Lipinski definition) is 1. The molecule has 162 valence electrons. The van der Waals surface area contributed by atoms with E-state index in [4.69, 9.17) is 16.3 Å². The number of thiophene rings is 1. The lowest BCUT2D eigenvalue weighted by atomic mass is 10.0. The largest absolute Gasteiger partial charge is 0.491 e. The molecule has 0 spiro atoms. The fourth-order valence-corrected chi connectivity index (χ4v) is 4.61. The van der Waals surface area contributed by atoms with Gasteiger partial charge in [-0.25, -0.2) is 4.79 Å². The highest BCUT2D eigenvalue weighted by Crippen LogP contribution is 2.34. The summed E-state index contributed by atoms with van der Waals surface area (Å²) in [5.74, 6) is 0.636. The summed E-state index contributed by atoms with van der Waals surface area (Å²) in [7, 11) is 0. The van der Waals surface area contributed by atoms with E-state index in [1.165, 1.54) is 4.88 Å². The molecule has 0 unspecified atom stereocenters. The minimum atomic E-state index is -0.219. The summed E-state index contributed by atoms with van der Waals surface area (Å²) in [6, 6.07) is 8.79. The Kier molecular flexibility index (Phi) is 7.61. The molecule has 0 saturated heterocycles. The first-order valence-electron chi connectivity index (χ1n) is 10.2. The molecular weight excluding hydrogens is 422 g/mol. The predicted molar refractivity (Wildman–Crippen MR) is 120 cm³/mol. The van der Waals surface area contributed by atoms with Gasteiger partial charge in [0.1, 0.15) is 18.9 Å². The summed E-state index contributed by atoms with van der Waals surface area (Å²) >= 11 is 7.67. The first-order chi connectivity index (χ1) is 14.4. The minimum absolute atomic E-state index is 0.0421. The van der Waals surface area contributed by atoms with Gasteiger partial charge in [-0.3, -0.25) is 4.79 Å². The van der Waals surface area contributed by atoms with Crippen LogP contribution in [-0.2, 0) is 11.2 Å². The quantitative estimate of drug-likeness (QED) is 0.683. The maximum Gasteiger partial charge on any atom is 0.318 e. The van der Waals surface area contributed by atoms with Crippen LogP contribution < -0.4 is 10.1 Å². The lowest BCUT2D eigenvalue weighted by molar-refractivity contribution is -0.135. The molecule has 6 nitrogen and oxygen atoms in total. The van der Waals surface area contributed by atoms with Crippen molar-refractivity contribution in [2.75, 3.05) is 26.2 Å². The Morgan fingerprint density at radius 3 is 2.70 bits per heavy atom. The molecule has 0 aliphatic carbocycles. The predicted octanol–water partition coefficient (Wildman–Crippen LogP) is 4.35. The average molecular weight is 450 g/mol. The van der Waals surface area contributed by atoms with Gasteiger partial charge in [0, 0.05) is 29.0 Å². The van der Waals surface area contributed by atoms with Gasteiger partial charge in [-0.2, -0.15) is 0 Å². The number of rotatable bonds is 7. The van der Waals surface area contributed by atoms with E-state index in [0.29, 0.717) is 30.5 Å². The van der Waals surface area contributed by atoms with Crippen LogP contribution in [-0.4, -0.2) is 54.0 Å². The Bertz CT molecular complexity index is 869. The number of amides is 3. The third-order valence-corrected chi connectivity index (χ3v) is 6.40. The van der Waals surface area contributed by atoms with E-state index in [1.54, 1.807) is 28.4 Å². The molecule has 3 amide bonds. The number of carbonyl (C=O) groups is 2. The first kappa shape index (κ1) is 22.4. The zero-order chi connectivity index (χ0) is 21.7. The first-order valence-corrected chi connectivity index (χ1v) is 11.4. The number of nitrogens with zero attached hydrogens (tertiary/aromatic N) is 2. The Balaban J connectivity index is 1.76. The molecule has 8 heteroatoms. The number of halogens is 1. The molecule has 30 heavy (non-hydrogen) atoms. The molecule has 0 radical (unpaired) electrons. The van der Waals surface area contributed by atoms with Gasteiger partial charge >= 0.3 is 6.03 Å². The van der Waals surface area contributed by atoms with E-state index in [0.717, 1.165) is 12.0 Å². The van der Waals surface area contributed by atoms with E-state index >= 15 is 0 Å². The monoisotopic (exact) mass is 449 g/mol. The van der Waals surface area contributed by atoms with E-state index in [1.807, 2.05) is 37.8 Å². The van der Waals surface area contributed by atoms with Crippen molar-refractivity contribution in [3.05, 3.63) is 51.2 Å². The fourth-order valence-electron chi connectivity index (χ4n) is 3.56. The Hall–Kier alpha value is -2.25. The molecular formula is C22H28ClN3O3S. The topological polar surface area (TPSA) is 61.9 Å². The van der Waals surface area contributed by atoms with Gasteiger partial charge in [-0.05, 0) is 68.5 Å². The molecule has 2 aromatic rings. The molecule has 1 N–H and O–H groups in total. The van der Waals surface area contributed by atoms with Crippen LogP contribution in [0.5, 0.6) is 5.75 Å². The molecule has 2 heterocycles. The SMILES string of the molecule is CCNC(=O)N(CC(=O)N1CCc2sccc2[C@@H]1COc1ccc(Cl)cc1)C(C)C. The van der Waals surface area contributed by atoms with Gasteiger partial charge < -0.3 is 19.9 Å². The number of carbonyl (C=O) groups excluding carboxylic acids is 2. The van der Waals surface area contributed by atoms with Crippen LogP contribution in [0.15, 0.2) is 35.7 Å². The number of nitrogens with one attached hydrogen (secondary N) is 1. The van der Waals surface area contributed by atoms with Crippen LogP contribution in [0.25, 0.3) is 0 Å². The molecule has 1 aliphatic heterocycles. The highest BCUT2D eigenvalue weighted by molar-refractivity contribution is 7.10. The zero-order valence-electron chi connectivity index (χ0n) is 17.6. The number of fused-ring (bicyclic) bond motifs is 1. The van der Waals surface area contributed by atoms with Gasteiger partial charge in [0.25, 0.3) is 0 Å². The number of ether oxygens (including phenoxy) is 1. The number of benzene rings is 1. The maximum absolute atomic E-state index is 13.3. The summed E-state index contributed by atoms with van der Waals surface area (Å²) in [6.45, 7) is 7.22. The molecule has 1 aromatic heterocycles. The number of urea groups is 1. The Morgan fingerprint density at radius 1 is 1.30 bits per heavy atom. The summed E-state index contributed by atoms with van der Waals surface area (Å²) in [4.78, 5) is 30.4. The second-order valence-corrected chi connectivity index (χ2v) is 8.91. The third kappa shape index (κ3) is 5.26. The van der Waals surface area contributed by atoms with E-state index in [9.17, 15) is 9.59 Å². The lowest BCUT2D eigenvalue weighted by Crippen LogP contribution is -2.51. The molecule has 1 aromatic carbocycles. The van der Waals surface area contributed by atoms with Gasteiger partial charge in [0.05, 0.1) is 6.04 Å². The Morgan fingerprint density at radius 2 is 2.03 bits per heavy atom. The van der Waals surface area contributed by atoms with Crippen molar-refractivity contribution >= 4 is 34.9 Å². The Labute approximate surface area is 186 Å². The maximum atomic E-state index is 13.3. The highest BCUT2D eigenvalue weighted by Gasteiger charge is 2.33. The van der Waals surface area contributed by atoms with Crippen molar-refractivity contribution in [2.45, 2.75) is 39.3 Å². The van der Waals surface area contributed by atoms with Gasteiger partial charge in [0.2, 0.25) is 5.91 Å². The average Bonchev–Trinajstić information content (AvgIpc) is 3.20. The van der Waals surface area contributed by atoms with Crippen LogP contribution in [0.2, 0.25) is 5.02 Å². The van der Waals surface area contributed by atoms with Crippen molar-refractivity contribution in [3.63, 3.8) is 0 Å². The molecule has 3 rings (SSSR count). The van der Waals surface area contributed by atoms with Gasteiger partial charge in [0.15, 0.2) is 0 Å². The van der Waals surface area contributed by atoms with Gasteiger partial charge in [-0.15, -0.1) is 11.3 Å². The van der Waals surface area contributed by atoms with Crippen LogP contribution in [0.3, 0.4) is 0 Å². The smallest absolute Gasteiger partial charge is 0.318 e. The van der Waals surface area contributed by atoms with Crippen molar-refractivity contribution in [1.29, 1.82) is 0 Å². The minimum Gasteiger partial charge on any atom is -0.491 e. The molecule has 0 fully saturated rings. The summed E-state index contributed by atoms with van der Waals surface area (Å²) < 4.78 is 6.00. The van der Waals surface area contributed by atoms with Crippen LogP contribution in [0.1, 0.15) is 37.3 Å². The third-order valence-electron chi connectivity index (χ3n) is 5.15. The molecule has 1 aliphatic rings. The van der Waals surface area contributed by atoms with Crippen LogP contribution >= 0.6 is 22.9 Å². The van der Waals surface area contributed by atoms with E-state index in [-0.39, 0.29) is 30.6 Å². The standard InChI is InChI=1S/C22H28ClN3O3S/c1-4-24-22(28)26(15(2)3)13-21(27)25-11-9-20-18(10-12-30-20)19(25)14-29-17-7-5-16(23)6-8-17/h5-8,10,12,15,19H,4,9,11,13-14H2,1-3H3,(H,24,28)/t19-/m0/s1. The summed E-state index contributed by atoms with van der Waals surface area (Å²) in [6.07, 6.45) is 0.818. The van der Waals surface area contributed by atoms with E-state index < -0.39 is 0 Å². The van der Waals surface area contributed by atoms with E-state index in [2.05, 4.69) is 16.8 Å². The zero-order valence-corrected chi connectivity index (χ0v) is 19.1. The summed E-state index contributed by atoms with van der Waals surface area (Å²) in [5, 5.41) is 5.50. The second-order valence-electron chi connectivity index (χ2n) is 7.47.